The third-order valence-corrected chi connectivity index (χ3v) is 13.4. The van der Waals surface area contributed by atoms with Gasteiger partial charge in [0.05, 0.1) is 27.8 Å². The number of piperidine rings is 2. The van der Waals surface area contributed by atoms with Crippen LogP contribution in [0, 0.1) is 11.3 Å². The van der Waals surface area contributed by atoms with Gasteiger partial charge in [0.15, 0.2) is 0 Å². The smallest absolute Gasteiger partial charge is 0.262 e. The Morgan fingerprint density at radius 1 is 0.780 bits per heavy atom. The van der Waals surface area contributed by atoms with Gasteiger partial charge in [-0.05, 0) is 86.2 Å². The minimum Gasteiger partial charge on any atom is -0.490 e. The Labute approximate surface area is 346 Å². The zero-order valence-corrected chi connectivity index (χ0v) is 33.4. The number of nitrogens with zero attached hydrogens (tertiary/aromatic N) is 6. The SMILES string of the molecule is N#Cc1ccc(OC2CCC(N3Cc4cc(N5CCN(CC6(F)CCN(c7ccc8c(c7)C(=O)N(C7CCC(=O)NC7=O)C8=O)CC6)CC5)ccc4C3=O)CC2)cc1Cl. The van der Waals surface area contributed by atoms with Crippen LogP contribution < -0.4 is 19.9 Å². The monoisotopic (exact) mass is 821 g/mol. The summed E-state index contributed by atoms with van der Waals surface area (Å²) in [5, 5.41) is 11.7. The van der Waals surface area contributed by atoms with Crippen LogP contribution in [0.15, 0.2) is 54.6 Å². The van der Waals surface area contributed by atoms with Crippen molar-refractivity contribution in [3.05, 3.63) is 87.4 Å². The number of piperazine rings is 1. The van der Waals surface area contributed by atoms with Crippen LogP contribution in [-0.2, 0) is 16.1 Å². The number of hydrogen-bond acceptors (Lipinski definition) is 10. The molecule has 9 rings (SSSR count). The molecule has 3 aromatic rings. The summed E-state index contributed by atoms with van der Waals surface area (Å²) in [5.41, 5.74) is 3.12. The molecule has 5 amide bonds. The van der Waals surface area contributed by atoms with Crippen LogP contribution >= 0.6 is 11.6 Å². The second kappa shape index (κ2) is 15.6. The van der Waals surface area contributed by atoms with Crippen molar-refractivity contribution in [1.29, 1.82) is 5.26 Å². The summed E-state index contributed by atoms with van der Waals surface area (Å²) >= 11 is 6.19. The molecule has 0 spiro atoms. The van der Waals surface area contributed by atoms with Crippen molar-refractivity contribution >= 4 is 52.5 Å². The number of ether oxygens (including phenoxy) is 1. The number of benzene rings is 3. The second-order valence-corrected chi connectivity index (χ2v) is 17.1. The number of amides is 5. The number of fused-ring (bicyclic) bond motifs is 2. The van der Waals surface area contributed by atoms with E-state index in [0.717, 1.165) is 79.3 Å². The van der Waals surface area contributed by atoms with Crippen molar-refractivity contribution in [1.82, 2.24) is 20.0 Å². The number of imide groups is 2. The first-order valence-corrected chi connectivity index (χ1v) is 20.9. The van der Waals surface area contributed by atoms with Gasteiger partial charge in [-0.25, -0.2) is 4.39 Å². The van der Waals surface area contributed by atoms with E-state index >= 15 is 4.39 Å². The fraction of sp³-hybridized carbons (Fsp3) is 0.455. The van der Waals surface area contributed by atoms with E-state index in [-0.39, 0.29) is 42.0 Å². The molecule has 6 aliphatic rings. The molecule has 15 heteroatoms. The average Bonchev–Trinajstić information content (AvgIpc) is 3.69. The molecule has 0 radical (unpaired) electrons. The highest BCUT2D eigenvalue weighted by atomic mass is 35.5. The number of carbonyl (C=O) groups is 5. The van der Waals surface area contributed by atoms with Gasteiger partial charge in [0.25, 0.3) is 17.7 Å². The van der Waals surface area contributed by atoms with Crippen molar-refractivity contribution in [3.8, 4) is 11.8 Å². The maximum absolute atomic E-state index is 16.3. The van der Waals surface area contributed by atoms with E-state index in [1.807, 2.05) is 21.9 Å². The predicted octanol–water partition coefficient (Wildman–Crippen LogP) is 5.09. The number of hydrogen-bond donors (Lipinski definition) is 1. The van der Waals surface area contributed by atoms with Gasteiger partial charge in [-0.2, -0.15) is 5.26 Å². The fourth-order valence-electron chi connectivity index (χ4n) is 9.69. The lowest BCUT2D eigenvalue weighted by Crippen LogP contribution is -2.54. The summed E-state index contributed by atoms with van der Waals surface area (Å²) in [4.78, 5) is 73.6. The first kappa shape index (κ1) is 39.0. The molecule has 4 fully saturated rings. The predicted molar refractivity (Wildman–Crippen MR) is 216 cm³/mol. The Bertz CT molecular complexity index is 2270. The number of carbonyl (C=O) groups excluding carboxylic acids is 5. The molecule has 5 heterocycles. The van der Waals surface area contributed by atoms with Crippen LogP contribution in [0.3, 0.4) is 0 Å². The molecule has 3 aromatic carbocycles. The molecule has 1 atom stereocenters. The molecule has 1 saturated carbocycles. The molecule has 59 heavy (non-hydrogen) atoms. The van der Waals surface area contributed by atoms with Gasteiger partial charge in [-0.1, -0.05) is 11.6 Å². The molecule has 1 N–H and O–H groups in total. The standard InChI is InChI=1S/C44H45ClFN7O6/c45-37-23-33(6-1-27(37)24-47)59-32-7-2-29(3-8-32)52-25-28-21-30(4-9-34(28)41(52)56)51-19-17-49(18-20-51)26-44(46)13-15-50(16-14-44)31-5-10-35-36(22-31)43(58)53(42(35)57)38-11-12-39(54)48-40(38)55/h1,4-6,9-10,21-23,29,32,38H,2-3,7-8,11-20,25-26H2,(H,48,54,55). The molecule has 13 nitrogen and oxygen atoms in total. The van der Waals surface area contributed by atoms with E-state index < -0.39 is 35.3 Å². The number of nitriles is 1. The van der Waals surface area contributed by atoms with Crippen molar-refractivity contribution in [2.45, 2.75) is 81.8 Å². The molecule has 3 saturated heterocycles. The van der Waals surface area contributed by atoms with Gasteiger partial charge in [0.2, 0.25) is 11.8 Å². The minimum absolute atomic E-state index is 0.0289. The van der Waals surface area contributed by atoms with Gasteiger partial charge in [0, 0.05) is 101 Å². The highest BCUT2D eigenvalue weighted by Gasteiger charge is 2.45. The molecule has 306 valence electrons. The molecule has 1 aliphatic carbocycles. The lowest BCUT2D eigenvalue weighted by atomic mass is 9.91. The van der Waals surface area contributed by atoms with Crippen molar-refractivity contribution in [2.75, 3.05) is 55.6 Å². The number of alkyl halides is 1. The Balaban J connectivity index is 0.743. The summed E-state index contributed by atoms with van der Waals surface area (Å²) < 4.78 is 22.5. The number of halogens is 2. The van der Waals surface area contributed by atoms with E-state index in [0.29, 0.717) is 55.4 Å². The Morgan fingerprint density at radius 2 is 1.46 bits per heavy atom. The highest BCUT2D eigenvalue weighted by Crippen LogP contribution is 2.37. The van der Waals surface area contributed by atoms with E-state index in [4.69, 9.17) is 21.6 Å². The van der Waals surface area contributed by atoms with Gasteiger partial charge in [-0.15, -0.1) is 0 Å². The number of rotatable bonds is 8. The summed E-state index contributed by atoms with van der Waals surface area (Å²) in [6, 6.07) is 17.5. The number of nitrogens with one attached hydrogen (secondary N) is 1. The summed E-state index contributed by atoms with van der Waals surface area (Å²) in [6.07, 6.45) is 4.19. The zero-order valence-electron chi connectivity index (χ0n) is 32.6. The third-order valence-electron chi connectivity index (χ3n) is 13.1. The molecular weight excluding hydrogens is 777 g/mol. The van der Waals surface area contributed by atoms with Gasteiger partial charge >= 0.3 is 0 Å². The minimum atomic E-state index is -1.36. The molecular formula is C44H45ClFN7O6. The maximum atomic E-state index is 16.3. The van der Waals surface area contributed by atoms with Gasteiger partial charge in [-0.3, -0.25) is 39.1 Å². The van der Waals surface area contributed by atoms with Crippen LogP contribution in [-0.4, -0.2) is 114 Å². The molecule has 5 aliphatic heterocycles. The lowest BCUT2D eigenvalue weighted by Gasteiger charge is -2.43. The van der Waals surface area contributed by atoms with Crippen molar-refractivity contribution < 1.29 is 33.1 Å². The van der Waals surface area contributed by atoms with Crippen molar-refractivity contribution in [2.24, 2.45) is 0 Å². The van der Waals surface area contributed by atoms with E-state index in [1.165, 1.54) is 0 Å². The fourth-order valence-corrected chi connectivity index (χ4v) is 9.91. The van der Waals surface area contributed by atoms with Crippen LogP contribution in [0.4, 0.5) is 15.8 Å². The van der Waals surface area contributed by atoms with Crippen LogP contribution in [0.25, 0.3) is 0 Å². The second-order valence-electron chi connectivity index (χ2n) is 16.7. The van der Waals surface area contributed by atoms with Crippen molar-refractivity contribution in [3.63, 3.8) is 0 Å². The van der Waals surface area contributed by atoms with Gasteiger partial charge in [0.1, 0.15) is 23.5 Å². The van der Waals surface area contributed by atoms with E-state index in [2.05, 4.69) is 27.3 Å². The molecule has 1 unspecified atom stereocenters. The Kier molecular flexibility index (Phi) is 10.3. The lowest BCUT2D eigenvalue weighted by molar-refractivity contribution is -0.136. The first-order valence-electron chi connectivity index (χ1n) is 20.5. The normalized spacial score (nSPS) is 24.6. The van der Waals surface area contributed by atoms with E-state index in [9.17, 15) is 24.0 Å². The Morgan fingerprint density at radius 3 is 2.15 bits per heavy atom. The zero-order chi connectivity index (χ0) is 41.0. The largest absolute Gasteiger partial charge is 0.490 e. The van der Waals surface area contributed by atoms with Gasteiger partial charge < -0.3 is 19.4 Å². The summed E-state index contributed by atoms with van der Waals surface area (Å²) in [6.45, 7) is 4.81. The molecule has 0 aromatic heterocycles. The topological polar surface area (TPSA) is 147 Å². The molecule has 0 bridgehead atoms. The van der Waals surface area contributed by atoms with E-state index in [1.54, 1.807) is 36.4 Å². The first-order chi connectivity index (χ1) is 28.5. The average molecular weight is 822 g/mol. The van der Waals surface area contributed by atoms with Crippen LogP contribution in [0.1, 0.15) is 93.6 Å². The van der Waals surface area contributed by atoms with Crippen LogP contribution in [0.5, 0.6) is 5.75 Å². The third kappa shape index (κ3) is 7.51. The number of anilines is 2. The Hall–Kier alpha value is -5.52. The highest BCUT2D eigenvalue weighted by molar-refractivity contribution is 6.31. The van der Waals surface area contributed by atoms with Crippen LogP contribution in [0.2, 0.25) is 5.02 Å². The maximum Gasteiger partial charge on any atom is 0.262 e. The summed E-state index contributed by atoms with van der Waals surface area (Å²) in [7, 11) is 0. The summed E-state index contributed by atoms with van der Waals surface area (Å²) in [5.74, 6) is -1.44. The quantitative estimate of drug-likeness (QED) is 0.305.